The predicted octanol–water partition coefficient (Wildman–Crippen LogP) is 3.09. The van der Waals surface area contributed by atoms with E-state index in [2.05, 4.69) is 10.3 Å². The number of rotatable bonds is 5. The first-order valence-electron chi connectivity index (χ1n) is 6.76. The zero-order valence-electron chi connectivity index (χ0n) is 12.0. The molecule has 0 aliphatic carbocycles. The molecule has 2 rings (SSSR count). The van der Waals surface area contributed by atoms with Crippen molar-refractivity contribution in [3.05, 3.63) is 58.9 Å². The molecule has 1 N–H and O–H groups in total. The molecule has 1 amide bonds. The molecule has 0 saturated heterocycles. The van der Waals surface area contributed by atoms with Gasteiger partial charge >= 0.3 is 5.97 Å². The Morgan fingerprint density at radius 2 is 2.00 bits per heavy atom. The number of nitrogens with zero attached hydrogens (tertiary/aromatic N) is 1. The highest BCUT2D eigenvalue weighted by Gasteiger charge is 2.17. The quantitative estimate of drug-likeness (QED) is 0.860. The van der Waals surface area contributed by atoms with Gasteiger partial charge in [0, 0.05) is 6.20 Å². The minimum Gasteiger partial charge on any atom is -0.461 e. The molecule has 0 aliphatic rings. The molecular formula is C16H15ClN2O3. The summed E-state index contributed by atoms with van der Waals surface area (Å²) in [5, 5.41) is 2.97. The Balaban J connectivity index is 2.15. The maximum Gasteiger partial charge on any atom is 0.359 e. The van der Waals surface area contributed by atoms with Gasteiger partial charge in [0.15, 0.2) is 5.69 Å². The van der Waals surface area contributed by atoms with Gasteiger partial charge in [-0.3, -0.25) is 4.79 Å². The first-order valence-corrected chi connectivity index (χ1v) is 7.14. The number of hydrogen-bond acceptors (Lipinski definition) is 4. The molecule has 0 radical (unpaired) electrons. The molecule has 0 bridgehead atoms. The Bertz CT molecular complexity index is 674. The number of aromatic nitrogens is 1. The number of carbonyl (C=O) groups excluding carboxylic acids is 2. The van der Waals surface area contributed by atoms with Crippen molar-refractivity contribution < 1.29 is 14.3 Å². The van der Waals surface area contributed by atoms with Crippen LogP contribution in [0.1, 0.15) is 23.0 Å². The zero-order valence-corrected chi connectivity index (χ0v) is 12.8. The molecule has 114 valence electrons. The van der Waals surface area contributed by atoms with E-state index < -0.39 is 5.97 Å². The lowest BCUT2D eigenvalue weighted by atomic mass is 10.1. The minimum absolute atomic E-state index is 0.0349. The molecule has 1 aromatic heterocycles. The molecule has 0 aliphatic heterocycles. The minimum atomic E-state index is -0.603. The Labute approximate surface area is 133 Å². The summed E-state index contributed by atoms with van der Waals surface area (Å²) in [6, 6.07) is 10.8. The van der Waals surface area contributed by atoms with Crippen LogP contribution in [0.3, 0.4) is 0 Å². The molecule has 1 aromatic carbocycles. The number of benzene rings is 1. The van der Waals surface area contributed by atoms with E-state index in [-0.39, 0.29) is 30.3 Å². The molecule has 0 unspecified atom stereocenters. The van der Waals surface area contributed by atoms with Gasteiger partial charge in [0.05, 0.1) is 23.7 Å². The van der Waals surface area contributed by atoms with E-state index in [9.17, 15) is 9.59 Å². The molecule has 0 spiro atoms. The van der Waals surface area contributed by atoms with Crippen LogP contribution in [0.2, 0.25) is 5.02 Å². The lowest BCUT2D eigenvalue weighted by molar-refractivity contribution is -0.115. The van der Waals surface area contributed by atoms with Crippen molar-refractivity contribution in [2.75, 3.05) is 11.9 Å². The largest absolute Gasteiger partial charge is 0.461 e. The van der Waals surface area contributed by atoms with Crippen molar-refractivity contribution in [3.8, 4) is 0 Å². The molecule has 5 nitrogen and oxygen atoms in total. The monoisotopic (exact) mass is 318 g/mol. The zero-order chi connectivity index (χ0) is 15.9. The summed E-state index contributed by atoms with van der Waals surface area (Å²) in [6.45, 7) is 1.92. The van der Waals surface area contributed by atoms with Gasteiger partial charge in [0.25, 0.3) is 0 Å². The van der Waals surface area contributed by atoms with Crippen molar-refractivity contribution in [3.63, 3.8) is 0 Å². The highest BCUT2D eigenvalue weighted by Crippen LogP contribution is 2.19. The fraction of sp³-hybridized carbons (Fsp3) is 0.188. The number of amides is 1. The van der Waals surface area contributed by atoms with Crippen LogP contribution in [0.4, 0.5) is 5.69 Å². The molecule has 0 saturated carbocycles. The second-order valence-electron chi connectivity index (χ2n) is 4.48. The van der Waals surface area contributed by atoms with Gasteiger partial charge in [-0.25, -0.2) is 9.78 Å². The van der Waals surface area contributed by atoms with E-state index in [0.29, 0.717) is 5.02 Å². The highest BCUT2D eigenvalue weighted by atomic mass is 35.5. The third kappa shape index (κ3) is 4.30. The lowest BCUT2D eigenvalue weighted by Gasteiger charge is -2.10. The average Bonchev–Trinajstić information content (AvgIpc) is 2.48. The van der Waals surface area contributed by atoms with E-state index in [1.54, 1.807) is 6.92 Å². The number of esters is 1. The van der Waals surface area contributed by atoms with Crippen molar-refractivity contribution in [2.24, 2.45) is 0 Å². The average molecular weight is 319 g/mol. The fourth-order valence-corrected chi connectivity index (χ4v) is 2.03. The third-order valence-corrected chi connectivity index (χ3v) is 3.01. The Morgan fingerprint density at radius 3 is 2.68 bits per heavy atom. The van der Waals surface area contributed by atoms with Gasteiger partial charge in [-0.05, 0) is 18.6 Å². The fourth-order valence-electron chi connectivity index (χ4n) is 1.87. The van der Waals surface area contributed by atoms with Gasteiger partial charge in [-0.2, -0.15) is 0 Å². The maximum absolute atomic E-state index is 12.1. The molecular weight excluding hydrogens is 304 g/mol. The van der Waals surface area contributed by atoms with Crippen molar-refractivity contribution in [1.82, 2.24) is 4.98 Å². The van der Waals surface area contributed by atoms with Gasteiger partial charge in [0.1, 0.15) is 0 Å². The van der Waals surface area contributed by atoms with Gasteiger partial charge in [-0.15, -0.1) is 0 Å². The first-order chi connectivity index (χ1) is 10.6. The van der Waals surface area contributed by atoms with Crippen LogP contribution in [0.15, 0.2) is 42.6 Å². The number of nitrogens with one attached hydrogen (secondary N) is 1. The molecule has 0 fully saturated rings. The number of anilines is 1. The number of carbonyl (C=O) groups is 2. The first kappa shape index (κ1) is 16.0. The number of hydrogen-bond donors (Lipinski definition) is 1. The van der Waals surface area contributed by atoms with E-state index in [0.717, 1.165) is 5.56 Å². The van der Waals surface area contributed by atoms with E-state index >= 15 is 0 Å². The Kier molecular flexibility index (Phi) is 5.49. The molecule has 0 atom stereocenters. The Hall–Kier alpha value is -2.40. The molecule has 2 aromatic rings. The second kappa shape index (κ2) is 7.56. The number of pyridine rings is 1. The summed E-state index contributed by atoms with van der Waals surface area (Å²) in [6.07, 6.45) is 1.52. The summed E-state index contributed by atoms with van der Waals surface area (Å²) in [5.41, 5.74) is 1.15. The molecule has 1 heterocycles. The third-order valence-electron chi connectivity index (χ3n) is 2.80. The van der Waals surface area contributed by atoms with Gasteiger partial charge in [-0.1, -0.05) is 41.9 Å². The van der Waals surface area contributed by atoms with Crippen molar-refractivity contribution >= 4 is 29.2 Å². The lowest BCUT2D eigenvalue weighted by Crippen LogP contribution is -2.18. The van der Waals surface area contributed by atoms with Crippen LogP contribution < -0.4 is 5.32 Å². The van der Waals surface area contributed by atoms with Crippen LogP contribution in [0.25, 0.3) is 0 Å². The SMILES string of the molecule is CCOC(=O)c1ncc(Cl)cc1NC(=O)Cc1ccccc1. The van der Waals surface area contributed by atoms with E-state index in [4.69, 9.17) is 16.3 Å². The molecule has 6 heteroatoms. The van der Waals surface area contributed by atoms with Crippen LogP contribution in [0, 0.1) is 0 Å². The van der Waals surface area contributed by atoms with Gasteiger partial charge in [0.2, 0.25) is 5.91 Å². The maximum atomic E-state index is 12.1. The highest BCUT2D eigenvalue weighted by molar-refractivity contribution is 6.31. The number of halogens is 1. The van der Waals surface area contributed by atoms with E-state index in [1.165, 1.54) is 12.3 Å². The summed E-state index contributed by atoms with van der Waals surface area (Å²) >= 11 is 5.88. The second-order valence-corrected chi connectivity index (χ2v) is 4.92. The normalized spacial score (nSPS) is 10.1. The smallest absolute Gasteiger partial charge is 0.359 e. The topological polar surface area (TPSA) is 68.3 Å². The Morgan fingerprint density at radius 1 is 1.27 bits per heavy atom. The standard InChI is InChI=1S/C16H15ClN2O3/c1-2-22-16(21)15-13(9-12(17)10-18-15)19-14(20)8-11-6-4-3-5-7-11/h3-7,9-10H,2,8H2,1H3,(H,19,20). The van der Waals surface area contributed by atoms with Crippen LogP contribution in [-0.4, -0.2) is 23.5 Å². The summed E-state index contributed by atoms with van der Waals surface area (Å²) in [5.74, 6) is -0.866. The van der Waals surface area contributed by atoms with Crippen molar-refractivity contribution in [1.29, 1.82) is 0 Å². The summed E-state index contributed by atoms with van der Waals surface area (Å²) in [7, 11) is 0. The predicted molar refractivity (Wildman–Crippen MR) is 84.0 cm³/mol. The summed E-state index contributed by atoms with van der Waals surface area (Å²) in [4.78, 5) is 27.9. The van der Waals surface area contributed by atoms with Crippen LogP contribution >= 0.6 is 11.6 Å². The van der Waals surface area contributed by atoms with Crippen LogP contribution in [-0.2, 0) is 16.0 Å². The molecule has 22 heavy (non-hydrogen) atoms. The van der Waals surface area contributed by atoms with E-state index in [1.807, 2.05) is 30.3 Å². The van der Waals surface area contributed by atoms with Crippen LogP contribution in [0.5, 0.6) is 0 Å². The number of ether oxygens (including phenoxy) is 1. The van der Waals surface area contributed by atoms with Crippen molar-refractivity contribution in [2.45, 2.75) is 13.3 Å². The summed E-state index contributed by atoms with van der Waals surface area (Å²) < 4.78 is 4.91. The van der Waals surface area contributed by atoms with Gasteiger partial charge < -0.3 is 10.1 Å².